The number of aliphatic hydroxyl groups excluding tert-OH is 1. The van der Waals surface area contributed by atoms with Crippen LogP contribution in [0.25, 0.3) is 0 Å². The molecule has 0 unspecified atom stereocenters. The number of ether oxygens (including phenoxy) is 1. The van der Waals surface area contributed by atoms with Gasteiger partial charge in [-0.25, -0.2) is 0 Å². The minimum atomic E-state index is 0.346. The molecular formula is C15H33NO2. The summed E-state index contributed by atoms with van der Waals surface area (Å²) in [6.07, 6.45) is 9.79. The lowest BCUT2D eigenvalue weighted by Crippen LogP contribution is -2.25. The third kappa shape index (κ3) is 12.3. The first-order chi connectivity index (χ1) is 8.85. The van der Waals surface area contributed by atoms with E-state index < -0.39 is 0 Å². The number of rotatable bonds is 14. The van der Waals surface area contributed by atoms with Gasteiger partial charge >= 0.3 is 0 Å². The Labute approximate surface area is 114 Å². The highest BCUT2D eigenvalue weighted by Gasteiger charge is 2.01. The molecule has 0 saturated carbocycles. The molecule has 18 heavy (non-hydrogen) atoms. The van der Waals surface area contributed by atoms with Gasteiger partial charge in [0.05, 0.1) is 0 Å². The van der Waals surface area contributed by atoms with E-state index >= 15 is 0 Å². The standard InChI is InChI=1S/C15H33NO2/c1-3-16(12-8-4-6-10-14-17)13-9-5-7-11-15-18-2/h17H,3-15H2,1-2H3. The summed E-state index contributed by atoms with van der Waals surface area (Å²) < 4.78 is 5.05. The van der Waals surface area contributed by atoms with Gasteiger partial charge in [-0.3, -0.25) is 0 Å². The molecule has 3 heteroatoms. The molecule has 0 amide bonds. The van der Waals surface area contributed by atoms with Crippen molar-refractivity contribution in [2.45, 2.75) is 58.3 Å². The van der Waals surface area contributed by atoms with Crippen LogP contribution >= 0.6 is 0 Å². The van der Waals surface area contributed by atoms with Crippen LogP contribution in [-0.4, -0.2) is 50.0 Å². The largest absolute Gasteiger partial charge is 0.396 e. The molecule has 0 aromatic carbocycles. The number of aliphatic hydroxyl groups is 1. The molecule has 0 aromatic heterocycles. The summed E-state index contributed by atoms with van der Waals surface area (Å²) in [5, 5.41) is 8.71. The molecule has 0 aliphatic carbocycles. The Bertz CT molecular complexity index is 153. The van der Waals surface area contributed by atoms with E-state index in [1.807, 2.05) is 0 Å². The fourth-order valence-corrected chi connectivity index (χ4v) is 2.16. The van der Waals surface area contributed by atoms with Crippen molar-refractivity contribution in [2.75, 3.05) is 40.0 Å². The first-order valence-electron chi connectivity index (χ1n) is 7.67. The zero-order valence-corrected chi connectivity index (χ0v) is 12.5. The third-order valence-electron chi connectivity index (χ3n) is 3.40. The average Bonchev–Trinajstić information content (AvgIpc) is 2.40. The lowest BCUT2D eigenvalue weighted by atomic mass is 10.1. The molecule has 110 valence electrons. The second-order valence-electron chi connectivity index (χ2n) is 4.98. The summed E-state index contributed by atoms with van der Waals surface area (Å²) in [4.78, 5) is 2.55. The summed E-state index contributed by atoms with van der Waals surface area (Å²) in [7, 11) is 1.77. The zero-order valence-electron chi connectivity index (χ0n) is 12.5. The number of nitrogens with zero attached hydrogens (tertiary/aromatic N) is 1. The van der Waals surface area contributed by atoms with E-state index in [-0.39, 0.29) is 0 Å². The maximum Gasteiger partial charge on any atom is 0.0462 e. The van der Waals surface area contributed by atoms with Gasteiger partial charge in [-0.15, -0.1) is 0 Å². The van der Waals surface area contributed by atoms with Gasteiger partial charge in [-0.2, -0.15) is 0 Å². The van der Waals surface area contributed by atoms with Gasteiger partial charge in [-0.05, 0) is 45.3 Å². The number of methoxy groups -OCH3 is 1. The molecule has 0 bridgehead atoms. The molecule has 0 saturated heterocycles. The smallest absolute Gasteiger partial charge is 0.0462 e. The molecule has 0 atom stereocenters. The highest BCUT2D eigenvalue weighted by atomic mass is 16.5. The maximum atomic E-state index is 8.71. The minimum absolute atomic E-state index is 0.346. The molecule has 3 nitrogen and oxygen atoms in total. The van der Waals surface area contributed by atoms with Gasteiger partial charge in [0, 0.05) is 20.3 Å². The van der Waals surface area contributed by atoms with E-state index in [0.29, 0.717) is 6.61 Å². The molecule has 0 aromatic rings. The Morgan fingerprint density at radius 2 is 1.39 bits per heavy atom. The van der Waals surface area contributed by atoms with E-state index in [1.165, 1.54) is 58.0 Å². The second kappa shape index (κ2) is 14.9. The van der Waals surface area contributed by atoms with Crippen LogP contribution in [0, 0.1) is 0 Å². The maximum absolute atomic E-state index is 8.71. The van der Waals surface area contributed by atoms with Gasteiger partial charge < -0.3 is 14.7 Å². The fraction of sp³-hybridized carbons (Fsp3) is 1.00. The van der Waals surface area contributed by atoms with Gasteiger partial charge in [0.2, 0.25) is 0 Å². The quantitative estimate of drug-likeness (QED) is 0.487. The summed E-state index contributed by atoms with van der Waals surface area (Å²) >= 11 is 0. The normalized spacial score (nSPS) is 11.3. The lowest BCUT2D eigenvalue weighted by molar-refractivity contribution is 0.191. The van der Waals surface area contributed by atoms with Crippen LogP contribution in [0.15, 0.2) is 0 Å². The van der Waals surface area contributed by atoms with Crippen LogP contribution in [0.2, 0.25) is 0 Å². The predicted octanol–water partition coefficient (Wildman–Crippen LogP) is 3.07. The molecular weight excluding hydrogens is 226 g/mol. The number of hydrogen-bond donors (Lipinski definition) is 1. The van der Waals surface area contributed by atoms with E-state index in [0.717, 1.165) is 19.6 Å². The average molecular weight is 259 g/mol. The summed E-state index contributed by atoms with van der Waals surface area (Å²) in [6, 6.07) is 0. The molecule has 0 fully saturated rings. The first-order valence-corrected chi connectivity index (χ1v) is 7.67. The number of unbranched alkanes of at least 4 members (excludes halogenated alkanes) is 6. The minimum Gasteiger partial charge on any atom is -0.396 e. The van der Waals surface area contributed by atoms with Crippen molar-refractivity contribution in [1.29, 1.82) is 0 Å². The van der Waals surface area contributed by atoms with Gasteiger partial charge in [0.15, 0.2) is 0 Å². The fourth-order valence-electron chi connectivity index (χ4n) is 2.16. The van der Waals surface area contributed by atoms with Crippen LogP contribution in [0.4, 0.5) is 0 Å². The SMILES string of the molecule is CCN(CCCCCCO)CCCCCCOC. The lowest BCUT2D eigenvalue weighted by Gasteiger charge is -2.20. The molecule has 1 N–H and O–H groups in total. The molecule has 0 aliphatic rings. The van der Waals surface area contributed by atoms with Crippen LogP contribution in [0.5, 0.6) is 0 Å². The van der Waals surface area contributed by atoms with Crippen LogP contribution in [0.1, 0.15) is 58.3 Å². The van der Waals surface area contributed by atoms with Crippen molar-refractivity contribution < 1.29 is 9.84 Å². The predicted molar refractivity (Wildman–Crippen MR) is 78.0 cm³/mol. The first kappa shape index (κ1) is 17.9. The van der Waals surface area contributed by atoms with Crippen LogP contribution in [-0.2, 0) is 4.74 Å². The zero-order chi connectivity index (χ0) is 13.5. The molecule has 0 spiro atoms. The van der Waals surface area contributed by atoms with Crippen molar-refractivity contribution in [1.82, 2.24) is 4.90 Å². The highest BCUT2D eigenvalue weighted by Crippen LogP contribution is 2.05. The highest BCUT2D eigenvalue weighted by molar-refractivity contribution is 4.57. The Kier molecular flexibility index (Phi) is 14.8. The molecule has 0 aliphatic heterocycles. The monoisotopic (exact) mass is 259 g/mol. The van der Waals surface area contributed by atoms with E-state index in [2.05, 4.69) is 11.8 Å². The summed E-state index contributed by atoms with van der Waals surface area (Å²) in [5.41, 5.74) is 0. The van der Waals surface area contributed by atoms with Crippen LogP contribution < -0.4 is 0 Å². The second-order valence-corrected chi connectivity index (χ2v) is 4.98. The van der Waals surface area contributed by atoms with Gasteiger partial charge in [0.1, 0.15) is 0 Å². The van der Waals surface area contributed by atoms with Crippen molar-refractivity contribution in [3.8, 4) is 0 Å². The Balaban J connectivity index is 3.29. The van der Waals surface area contributed by atoms with E-state index in [4.69, 9.17) is 9.84 Å². The van der Waals surface area contributed by atoms with Crippen LogP contribution in [0.3, 0.4) is 0 Å². The molecule has 0 rings (SSSR count). The molecule has 0 radical (unpaired) electrons. The topological polar surface area (TPSA) is 32.7 Å². The van der Waals surface area contributed by atoms with Gasteiger partial charge in [-0.1, -0.05) is 32.6 Å². The van der Waals surface area contributed by atoms with E-state index in [9.17, 15) is 0 Å². The Hall–Kier alpha value is -0.120. The van der Waals surface area contributed by atoms with Crippen molar-refractivity contribution in [3.05, 3.63) is 0 Å². The third-order valence-corrected chi connectivity index (χ3v) is 3.40. The molecule has 0 heterocycles. The van der Waals surface area contributed by atoms with E-state index in [1.54, 1.807) is 7.11 Å². The number of hydrogen-bond acceptors (Lipinski definition) is 3. The van der Waals surface area contributed by atoms with Crippen molar-refractivity contribution >= 4 is 0 Å². The van der Waals surface area contributed by atoms with Gasteiger partial charge in [0.25, 0.3) is 0 Å². The van der Waals surface area contributed by atoms with Crippen molar-refractivity contribution in [3.63, 3.8) is 0 Å². The Morgan fingerprint density at radius 1 is 0.833 bits per heavy atom. The summed E-state index contributed by atoms with van der Waals surface area (Å²) in [5.74, 6) is 0. The Morgan fingerprint density at radius 3 is 1.89 bits per heavy atom. The summed E-state index contributed by atoms with van der Waals surface area (Å²) in [6.45, 7) is 7.13. The van der Waals surface area contributed by atoms with Crippen molar-refractivity contribution in [2.24, 2.45) is 0 Å².